The molecule has 1 saturated heterocycles. The van der Waals surface area contributed by atoms with Crippen LogP contribution in [0.3, 0.4) is 0 Å². The summed E-state index contributed by atoms with van der Waals surface area (Å²) in [4.78, 5) is 14.3. The molecule has 0 unspecified atom stereocenters. The minimum absolute atomic E-state index is 0. The summed E-state index contributed by atoms with van der Waals surface area (Å²) in [6.45, 7) is 6.10. The van der Waals surface area contributed by atoms with Crippen LogP contribution in [0.15, 0.2) is 0 Å². The number of halogens is 1. The van der Waals surface area contributed by atoms with Crippen LogP contribution in [0.4, 0.5) is 0 Å². The first-order valence-corrected chi connectivity index (χ1v) is 8.97. The van der Waals surface area contributed by atoms with Crippen molar-refractivity contribution in [3.05, 3.63) is 0 Å². The maximum atomic E-state index is 12.4. The first-order chi connectivity index (χ1) is 9.42. The molecule has 0 spiro atoms. The molecule has 0 radical (unpaired) electrons. The van der Waals surface area contributed by atoms with Gasteiger partial charge in [0.15, 0.2) is 0 Å². The monoisotopic (exact) mass is 341 g/mol. The summed E-state index contributed by atoms with van der Waals surface area (Å²) in [6, 6.07) is 0.237. The van der Waals surface area contributed by atoms with Crippen LogP contribution in [0, 0.1) is 0 Å². The number of carbonyl (C=O) groups excluding carboxylic acids is 1. The maximum absolute atomic E-state index is 12.4. The molecule has 1 N–H and O–H groups in total. The summed E-state index contributed by atoms with van der Waals surface area (Å²) in [5.41, 5.74) is 0. The van der Waals surface area contributed by atoms with Gasteiger partial charge in [-0.15, -0.1) is 12.4 Å². The molecular formula is C13H28ClN3O3S. The van der Waals surface area contributed by atoms with Crippen LogP contribution in [0.2, 0.25) is 0 Å². The summed E-state index contributed by atoms with van der Waals surface area (Å²) in [6.07, 6.45) is 2.77. The van der Waals surface area contributed by atoms with Crippen LogP contribution in [0.25, 0.3) is 0 Å². The third-order valence-electron chi connectivity index (χ3n) is 3.73. The molecule has 8 heteroatoms. The Hall–Kier alpha value is -0.370. The standard InChI is InChI=1S/C13H27N3O3S.ClH/c1-4-10-16(12-6-8-14-9-7-12)13(17)11-15(3)20(18,19)5-2;/h12,14H,4-11H2,1-3H3;1H. The number of nitrogens with one attached hydrogen (secondary N) is 1. The number of likely N-dealkylation sites (N-methyl/N-ethyl adjacent to an activating group) is 1. The summed E-state index contributed by atoms with van der Waals surface area (Å²) in [5.74, 6) is -0.0592. The fourth-order valence-corrected chi connectivity index (χ4v) is 3.22. The van der Waals surface area contributed by atoms with Gasteiger partial charge in [-0.2, -0.15) is 4.31 Å². The second-order valence-electron chi connectivity index (χ2n) is 5.22. The Kier molecular flexibility index (Phi) is 9.44. The Balaban J connectivity index is 0.00000400. The lowest BCUT2D eigenvalue weighted by Gasteiger charge is -2.35. The molecule has 0 saturated carbocycles. The van der Waals surface area contributed by atoms with E-state index in [0.717, 1.165) is 32.4 Å². The van der Waals surface area contributed by atoms with E-state index in [9.17, 15) is 13.2 Å². The third kappa shape index (κ3) is 6.10. The highest BCUT2D eigenvalue weighted by Gasteiger charge is 2.27. The van der Waals surface area contributed by atoms with Gasteiger partial charge in [0.05, 0.1) is 12.3 Å². The molecule has 126 valence electrons. The molecule has 0 aromatic carbocycles. The van der Waals surface area contributed by atoms with Crippen molar-refractivity contribution < 1.29 is 13.2 Å². The van der Waals surface area contributed by atoms with E-state index in [1.54, 1.807) is 6.92 Å². The highest BCUT2D eigenvalue weighted by Crippen LogP contribution is 2.13. The molecule has 1 amide bonds. The van der Waals surface area contributed by atoms with Gasteiger partial charge in [0.25, 0.3) is 0 Å². The van der Waals surface area contributed by atoms with E-state index in [1.165, 1.54) is 11.4 Å². The minimum atomic E-state index is -3.30. The average Bonchev–Trinajstić information content (AvgIpc) is 2.45. The zero-order valence-electron chi connectivity index (χ0n) is 13.2. The lowest BCUT2D eigenvalue weighted by Crippen LogP contribution is -2.50. The molecule has 0 bridgehead atoms. The van der Waals surface area contributed by atoms with Gasteiger partial charge >= 0.3 is 0 Å². The van der Waals surface area contributed by atoms with Crippen molar-refractivity contribution in [3.8, 4) is 0 Å². The van der Waals surface area contributed by atoms with Crippen molar-refractivity contribution in [1.29, 1.82) is 0 Å². The van der Waals surface area contributed by atoms with Gasteiger partial charge in [-0.3, -0.25) is 4.79 Å². The summed E-state index contributed by atoms with van der Waals surface area (Å²) >= 11 is 0. The highest BCUT2D eigenvalue weighted by molar-refractivity contribution is 7.89. The number of hydrogen-bond acceptors (Lipinski definition) is 4. The maximum Gasteiger partial charge on any atom is 0.238 e. The van der Waals surface area contributed by atoms with E-state index in [0.29, 0.717) is 6.54 Å². The molecule has 21 heavy (non-hydrogen) atoms. The van der Waals surface area contributed by atoms with Crippen molar-refractivity contribution in [1.82, 2.24) is 14.5 Å². The Morgan fingerprint density at radius 1 is 1.24 bits per heavy atom. The van der Waals surface area contributed by atoms with E-state index < -0.39 is 10.0 Å². The van der Waals surface area contributed by atoms with E-state index in [-0.39, 0.29) is 36.7 Å². The topological polar surface area (TPSA) is 69.7 Å². The predicted molar refractivity (Wildman–Crippen MR) is 87.2 cm³/mol. The van der Waals surface area contributed by atoms with Gasteiger partial charge < -0.3 is 10.2 Å². The first kappa shape index (κ1) is 20.6. The highest BCUT2D eigenvalue weighted by atomic mass is 35.5. The Morgan fingerprint density at radius 2 is 1.81 bits per heavy atom. The van der Waals surface area contributed by atoms with E-state index in [2.05, 4.69) is 5.32 Å². The number of nitrogens with zero attached hydrogens (tertiary/aromatic N) is 2. The number of hydrogen-bond donors (Lipinski definition) is 1. The normalized spacial score (nSPS) is 16.6. The van der Waals surface area contributed by atoms with Gasteiger partial charge in [-0.25, -0.2) is 8.42 Å². The van der Waals surface area contributed by atoms with Gasteiger partial charge in [-0.1, -0.05) is 6.92 Å². The van der Waals surface area contributed by atoms with Crippen LogP contribution in [0.1, 0.15) is 33.1 Å². The fraction of sp³-hybridized carbons (Fsp3) is 0.923. The smallest absolute Gasteiger partial charge is 0.238 e. The largest absolute Gasteiger partial charge is 0.338 e. The molecule has 1 aliphatic heterocycles. The first-order valence-electron chi connectivity index (χ1n) is 7.36. The molecule has 1 rings (SSSR count). The summed E-state index contributed by atoms with van der Waals surface area (Å²) < 4.78 is 24.6. The average molecular weight is 342 g/mol. The van der Waals surface area contributed by atoms with E-state index in [4.69, 9.17) is 0 Å². The van der Waals surface area contributed by atoms with Gasteiger partial charge in [-0.05, 0) is 39.3 Å². The number of amides is 1. The molecular weight excluding hydrogens is 314 g/mol. The van der Waals surface area contributed by atoms with Crippen LogP contribution in [-0.2, 0) is 14.8 Å². The van der Waals surface area contributed by atoms with Crippen molar-refractivity contribution in [2.45, 2.75) is 39.2 Å². The van der Waals surface area contributed by atoms with E-state index in [1.807, 2.05) is 11.8 Å². The van der Waals surface area contributed by atoms with Crippen LogP contribution in [0.5, 0.6) is 0 Å². The zero-order chi connectivity index (χ0) is 15.2. The Bertz CT molecular complexity index is 411. The van der Waals surface area contributed by atoms with Gasteiger partial charge in [0, 0.05) is 19.6 Å². The number of sulfonamides is 1. The van der Waals surface area contributed by atoms with Crippen molar-refractivity contribution in [2.24, 2.45) is 0 Å². The van der Waals surface area contributed by atoms with Crippen molar-refractivity contribution >= 4 is 28.3 Å². The lowest BCUT2D eigenvalue weighted by atomic mass is 10.0. The SMILES string of the molecule is CCCN(C(=O)CN(C)S(=O)(=O)CC)C1CCNCC1.Cl. The number of piperidine rings is 1. The molecule has 0 aliphatic carbocycles. The molecule has 1 fully saturated rings. The Labute approximate surface area is 134 Å². The van der Waals surface area contributed by atoms with Gasteiger partial charge in [0.1, 0.15) is 0 Å². The Morgan fingerprint density at radius 3 is 2.29 bits per heavy atom. The molecule has 0 atom stereocenters. The fourth-order valence-electron chi connectivity index (χ4n) is 2.47. The van der Waals surface area contributed by atoms with E-state index >= 15 is 0 Å². The van der Waals surface area contributed by atoms with Crippen molar-refractivity contribution in [2.75, 3.05) is 39.0 Å². The molecule has 6 nitrogen and oxygen atoms in total. The number of rotatable bonds is 7. The van der Waals surface area contributed by atoms with Crippen LogP contribution in [-0.4, -0.2) is 68.6 Å². The molecule has 1 aliphatic rings. The number of carbonyl (C=O) groups is 1. The molecule has 0 aromatic heterocycles. The molecule has 1 heterocycles. The van der Waals surface area contributed by atoms with Crippen LogP contribution < -0.4 is 5.32 Å². The third-order valence-corrected chi connectivity index (χ3v) is 5.54. The second-order valence-corrected chi connectivity index (χ2v) is 7.59. The predicted octanol–water partition coefficient (Wildman–Crippen LogP) is 0.680. The minimum Gasteiger partial charge on any atom is -0.338 e. The summed E-state index contributed by atoms with van der Waals surface area (Å²) in [5, 5.41) is 3.28. The molecule has 0 aromatic rings. The van der Waals surface area contributed by atoms with Crippen molar-refractivity contribution in [3.63, 3.8) is 0 Å². The van der Waals surface area contributed by atoms with Crippen LogP contribution >= 0.6 is 12.4 Å². The quantitative estimate of drug-likeness (QED) is 0.739. The lowest BCUT2D eigenvalue weighted by molar-refractivity contribution is -0.134. The zero-order valence-corrected chi connectivity index (χ0v) is 14.8. The van der Waals surface area contributed by atoms with Gasteiger partial charge in [0.2, 0.25) is 15.9 Å². The second kappa shape index (κ2) is 9.61. The summed E-state index contributed by atoms with van der Waals surface area (Å²) in [7, 11) is -1.82.